The van der Waals surface area contributed by atoms with Crippen LogP contribution in [0.1, 0.15) is 26.2 Å². The van der Waals surface area contributed by atoms with Gasteiger partial charge in [-0.2, -0.15) is 0 Å². The molecule has 0 unspecified atom stereocenters. The molecule has 0 spiro atoms. The first-order chi connectivity index (χ1) is 6.36. The molecule has 0 bridgehead atoms. The van der Waals surface area contributed by atoms with Gasteiger partial charge in [-0.05, 0) is 6.42 Å². The van der Waals surface area contributed by atoms with Crippen molar-refractivity contribution in [3.8, 4) is 0 Å². The fourth-order valence-electron chi connectivity index (χ4n) is 1.04. The fraction of sp³-hybridized carbons (Fsp3) is 0.750. The van der Waals surface area contributed by atoms with E-state index in [0.29, 0.717) is 5.95 Å². The van der Waals surface area contributed by atoms with Gasteiger partial charge >= 0.3 is 0 Å². The van der Waals surface area contributed by atoms with Crippen LogP contribution >= 0.6 is 0 Å². The summed E-state index contributed by atoms with van der Waals surface area (Å²) in [6.07, 6.45) is 3.66. The summed E-state index contributed by atoms with van der Waals surface area (Å²) in [5.41, 5.74) is 0. The van der Waals surface area contributed by atoms with Gasteiger partial charge in [0.25, 0.3) is 0 Å². The summed E-state index contributed by atoms with van der Waals surface area (Å²) >= 11 is 0. The fourth-order valence-corrected chi connectivity index (χ4v) is 1.04. The molecule has 1 aromatic rings. The highest BCUT2D eigenvalue weighted by atomic mass is 15.3. The van der Waals surface area contributed by atoms with Crippen molar-refractivity contribution in [2.45, 2.75) is 26.2 Å². The highest BCUT2D eigenvalue weighted by molar-refractivity contribution is 5.32. The minimum Gasteiger partial charge on any atom is -0.358 e. The van der Waals surface area contributed by atoms with Crippen LogP contribution < -0.4 is 10.6 Å². The van der Waals surface area contributed by atoms with E-state index in [9.17, 15) is 0 Å². The number of hydrogen-bond acceptors (Lipinski definition) is 4. The molecule has 0 fully saturated rings. The molecular formula is C8H17N5. The number of H-pyrrole nitrogens is 1. The third kappa shape index (κ3) is 3.31. The summed E-state index contributed by atoms with van der Waals surface area (Å²) in [6, 6.07) is 0. The summed E-state index contributed by atoms with van der Waals surface area (Å²) in [7, 11) is 1.81. The zero-order valence-corrected chi connectivity index (χ0v) is 8.22. The Labute approximate surface area is 78.3 Å². The highest BCUT2D eigenvalue weighted by Crippen LogP contribution is 2.02. The maximum absolute atomic E-state index is 3.91. The Morgan fingerprint density at radius 1 is 1.23 bits per heavy atom. The molecule has 0 saturated heterocycles. The summed E-state index contributed by atoms with van der Waals surface area (Å²) in [5, 5.41) is 13.8. The predicted octanol–water partition coefficient (Wildman–Crippen LogP) is 1.45. The summed E-state index contributed by atoms with van der Waals surface area (Å²) in [4.78, 5) is 3.00. The number of nitrogens with one attached hydrogen (secondary N) is 3. The molecule has 5 heteroatoms. The van der Waals surface area contributed by atoms with Gasteiger partial charge in [0.05, 0.1) is 0 Å². The van der Waals surface area contributed by atoms with Gasteiger partial charge in [0, 0.05) is 13.6 Å². The molecule has 13 heavy (non-hydrogen) atoms. The Morgan fingerprint density at radius 3 is 2.62 bits per heavy atom. The predicted molar refractivity (Wildman–Crippen MR) is 53.9 cm³/mol. The lowest BCUT2D eigenvalue weighted by Crippen LogP contribution is -2.02. The minimum atomic E-state index is 0.693. The number of unbranched alkanes of at least 4 members (excludes halogenated alkanes) is 2. The van der Waals surface area contributed by atoms with Gasteiger partial charge in [-0.1, -0.05) is 19.8 Å². The van der Waals surface area contributed by atoms with Crippen molar-refractivity contribution in [2.75, 3.05) is 24.2 Å². The Bertz CT molecular complexity index is 232. The van der Waals surface area contributed by atoms with Crippen molar-refractivity contribution in [1.29, 1.82) is 0 Å². The van der Waals surface area contributed by atoms with Crippen molar-refractivity contribution >= 4 is 11.9 Å². The quantitative estimate of drug-likeness (QED) is 0.584. The maximum Gasteiger partial charge on any atom is 0.223 e. The first kappa shape index (κ1) is 9.83. The zero-order chi connectivity index (χ0) is 9.52. The Morgan fingerprint density at radius 2 is 2.00 bits per heavy atom. The van der Waals surface area contributed by atoms with Crippen LogP contribution in [0.4, 0.5) is 11.9 Å². The van der Waals surface area contributed by atoms with E-state index in [1.807, 2.05) is 0 Å². The Kier molecular flexibility index (Phi) is 4.08. The lowest BCUT2D eigenvalue weighted by Gasteiger charge is -1.99. The van der Waals surface area contributed by atoms with Gasteiger partial charge in [0.15, 0.2) is 0 Å². The molecule has 0 saturated carbocycles. The third-order valence-corrected chi connectivity index (χ3v) is 1.80. The van der Waals surface area contributed by atoms with Crippen LogP contribution in [0.2, 0.25) is 0 Å². The molecule has 74 valence electrons. The zero-order valence-electron chi connectivity index (χ0n) is 8.22. The van der Waals surface area contributed by atoms with E-state index in [1.165, 1.54) is 19.3 Å². The average molecular weight is 183 g/mol. The van der Waals surface area contributed by atoms with Crippen LogP contribution in [0, 0.1) is 0 Å². The van der Waals surface area contributed by atoms with E-state index in [4.69, 9.17) is 0 Å². The minimum absolute atomic E-state index is 0.693. The molecular weight excluding hydrogens is 166 g/mol. The smallest absolute Gasteiger partial charge is 0.223 e. The molecule has 0 aromatic carbocycles. The van der Waals surface area contributed by atoms with Gasteiger partial charge in [0.1, 0.15) is 0 Å². The van der Waals surface area contributed by atoms with Crippen LogP contribution in [0.25, 0.3) is 0 Å². The Hall–Kier alpha value is -1.26. The van der Waals surface area contributed by atoms with E-state index in [2.05, 4.69) is 32.7 Å². The van der Waals surface area contributed by atoms with Crippen LogP contribution in [0.3, 0.4) is 0 Å². The van der Waals surface area contributed by atoms with E-state index in [1.54, 1.807) is 7.05 Å². The second-order valence-electron chi connectivity index (χ2n) is 2.91. The van der Waals surface area contributed by atoms with E-state index >= 15 is 0 Å². The van der Waals surface area contributed by atoms with Gasteiger partial charge in [-0.25, -0.2) is 0 Å². The molecule has 0 amide bonds. The topological polar surface area (TPSA) is 65.6 Å². The standard InChI is InChI=1S/C8H17N5/c1-3-4-5-6-10-8-11-7(9-2)12-13-8/h3-6H2,1-2H3,(H3,9,10,11,12,13). The van der Waals surface area contributed by atoms with Crippen molar-refractivity contribution in [2.24, 2.45) is 0 Å². The van der Waals surface area contributed by atoms with Crippen LogP contribution in [0.15, 0.2) is 0 Å². The Balaban J connectivity index is 2.20. The maximum atomic E-state index is 3.91. The SMILES string of the molecule is CCCCCNc1nnc(NC)[nH]1. The number of hydrogen-bond donors (Lipinski definition) is 3. The molecule has 0 aliphatic carbocycles. The van der Waals surface area contributed by atoms with Crippen molar-refractivity contribution < 1.29 is 0 Å². The second kappa shape index (κ2) is 5.40. The van der Waals surface area contributed by atoms with Gasteiger partial charge < -0.3 is 10.6 Å². The molecule has 0 aliphatic rings. The highest BCUT2D eigenvalue weighted by Gasteiger charge is 1.97. The monoisotopic (exact) mass is 183 g/mol. The third-order valence-electron chi connectivity index (χ3n) is 1.80. The molecule has 1 heterocycles. The van der Waals surface area contributed by atoms with Gasteiger partial charge in [0.2, 0.25) is 11.9 Å². The van der Waals surface area contributed by atoms with Crippen LogP contribution in [0.5, 0.6) is 0 Å². The molecule has 5 nitrogen and oxygen atoms in total. The van der Waals surface area contributed by atoms with E-state index in [0.717, 1.165) is 12.5 Å². The van der Waals surface area contributed by atoms with Crippen molar-refractivity contribution in [1.82, 2.24) is 15.2 Å². The summed E-state index contributed by atoms with van der Waals surface area (Å²) in [5.74, 6) is 1.43. The summed E-state index contributed by atoms with van der Waals surface area (Å²) < 4.78 is 0. The molecule has 0 aliphatic heterocycles. The first-order valence-corrected chi connectivity index (χ1v) is 4.71. The lowest BCUT2D eigenvalue weighted by molar-refractivity contribution is 0.740. The van der Waals surface area contributed by atoms with Crippen LogP contribution in [-0.2, 0) is 0 Å². The average Bonchev–Trinajstić information content (AvgIpc) is 2.60. The lowest BCUT2D eigenvalue weighted by atomic mass is 10.2. The first-order valence-electron chi connectivity index (χ1n) is 4.71. The largest absolute Gasteiger partial charge is 0.358 e. The van der Waals surface area contributed by atoms with E-state index in [-0.39, 0.29) is 0 Å². The van der Waals surface area contributed by atoms with Crippen molar-refractivity contribution in [3.05, 3.63) is 0 Å². The number of aromatic nitrogens is 3. The van der Waals surface area contributed by atoms with E-state index < -0.39 is 0 Å². The molecule has 0 atom stereocenters. The van der Waals surface area contributed by atoms with Gasteiger partial charge in [-0.3, -0.25) is 4.98 Å². The molecule has 3 N–H and O–H groups in total. The molecule has 1 aromatic heterocycles. The van der Waals surface area contributed by atoms with Gasteiger partial charge in [-0.15, -0.1) is 10.2 Å². The number of nitrogens with zero attached hydrogens (tertiary/aromatic N) is 2. The van der Waals surface area contributed by atoms with Crippen LogP contribution in [-0.4, -0.2) is 28.8 Å². The second-order valence-corrected chi connectivity index (χ2v) is 2.91. The number of aromatic amines is 1. The van der Waals surface area contributed by atoms with Crippen molar-refractivity contribution in [3.63, 3.8) is 0 Å². The summed E-state index contributed by atoms with van der Waals surface area (Å²) in [6.45, 7) is 3.14. The number of anilines is 2. The molecule has 1 rings (SSSR count). The normalized spacial score (nSPS) is 10.0. The molecule has 0 radical (unpaired) electrons. The number of rotatable bonds is 6.